The summed E-state index contributed by atoms with van der Waals surface area (Å²) in [6.07, 6.45) is 2.00. The molecule has 6 nitrogen and oxygen atoms in total. The SMILES string of the molecule is COc1ccc(CNC(=O)Nc2ccc(CNC(=O)C3CC(C(C)C)C3)cc2)cc1. The first-order chi connectivity index (χ1) is 14.4. The predicted molar refractivity (Wildman–Crippen MR) is 118 cm³/mol. The summed E-state index contributed by atoms with van der Waals surface area (Å²) in [6, 6.07) is 14.8. The first-order valence-corrected chi connectivity index (χ1v) is 10.5. The number of carbonyl (C=O) groups is 2. The summed E-state index contributed by atoms with van der Waals surface area (Å²) in [5.41, 5.74) is 2.70. The van der Waals surface area contributed by atoms with Crippen molar-refractivity contribution in [3.63, 3.8) is 0 Å². The van der Waals surface area contributed by atoms with Crippen molar-refractivity contribution in [2.45, 2.75) is 39.8 Å². The van der Waals surface area contributed by atoms with Crippen LogP contribution in [0.4, 0.5) is 10.5 Å². The van der Waals surface area contributed by atoms with E-state index in [9.17, 15) is 9.59 Å². The number of benzene rings is 2. The molecule has 0 spiro atoms. The normalized spacial score (nSPS) is 17.7. The van der Waals surface area contributed by atoms with Crippen molar-refractivity contribution >= 4 is 17.6 Å². The van der Waals surface area contributed by atoms with E-state index < -0.39 is 0 Å². The maximum absolute atomic E-state index is 12.2. The lowest BCUT2D eigenvalue weighted by Gasteiger charge is -2.36. The molecule has 2 aromatic carbocycles. The second-order valence-electron chi connectivity index (χ2n) is 8.24. The van der Waals surface area contributed by atoms with E-state index >= 15 is 0 Å². The van der Waals surface area contributed by atoms with Crippen LogP contribution >= 0.6 is 0 Å². The molecule has 0 heterocycles. The number of hydrogen-bond donors (Lipinski definition) is 3. The Bertz CT molecular complexity index is 841. The monoisotopic (exact) mass is 409 g/mol. The number of anilines is 1. The Balaban J connectivity index is 1.38. The van der Waals surface area contributed by atoms with E-state index in [2.05, 4.69) is 29.8 Å². The Hall–Kier alpha value is -3.02. The molecule has 0 aliphatic heterocycles. The Kier molecular flexibility index (Phi) is 7.33. The molecule has 160 valence electrons. The van der Waals surface area contributed by atoms with Gasteiger partial charge in [0.05, 0.1) is 7.11 Å². The molecule has 3 rings (SSSR count). The molecule has 0 saturated heterocycles. The van der Waals surface area contributed by atoms with Crippen molar-refractivity contribution in [2.24, 2.45) is 17.8 Å². The topological polar surface area (TPSA) is 79.5 Å². The summed E-state index contributed by atoms with van der Waals surface area (Å²) in [6.45, 7) is 5.37. The van der Waals surface area contributed by atoms with E-state index in [1.807, 2.05) is 48.5 Å². The van der Waals surface area contributed by atoms with Crippen LogP contribution in [-0.2, 0) is 17.9 Å². The fraction of sp³-hybridized carbons (Fsp3) is 0.417. The van der Waals surface area contributed by atoms with Gasteiger partial charge < -0.3 is 20.7 Å². The highest BCUT2D eigenvalue weighted by atomic mass is 16.5. The van der Waals surface area contributed by atoms with Gasteiger partial charge in [-0.2, -0.15) is 0 Å². The third-order valence-electron chi connectivity index (χ3n) is 5.78. The number of amides is 3. The van der Waals surface area contributed by atoms with Gasteiger partial charge in [-0.05, 0) is 60.1 Å². The molecular weight excluding hydrogens is 378 g/mol. The van der Waals surface area contributed by atoms with Crippen LogP contribution in [0.1, 0.15) is 37.8 Å². The quantitative estimate of drug-likeness (QED) is 0.608. The van der Waals surface area contributed by atoms with Crippen molar-refractivity contribution in [3.05, 3.63) is 59.7 Å². The number of carbonyl (C=O) groups excluding carboxylic acids is 2. The molecule has 1 aliphatic carbocycles. The van der Waals surface area contributed by atoms with Crippen LogP contribution in [0.25, 0.3) is 0 Å². The number of rotatable bonds is 8. The lowest BCUT2D eigenvalue weighted by molar-refractivity contribution is -0.129. The van der Waals surface area contributed by atoms with Gasteiger partial charge in [-0.15, -0.1) is 0 Å². The first-order valence-electron chi connectivity index (χ1n) is 10.5. The minimum Gasteiger partial charge on any atom is -0.497 e. The molecule has 6 heteroatoms. The third-order valence-corrected chi connectivity index (χ3v) is 5.78. The first kappa shape index (κ1) is 21.7. The van der Waals surface area contributed by atoms with Crippen LogP contribution < -0.4 is 20.7 Å². The predicted octanol–water partition coefficient (Wildman–Crippen LogP) is 4.32. The Morgan fingerprint density at radius 3 is 2.07 bits per heavy atom. The van der Waals surface area contributed by atoms with Gasteiger partial charge in [0.1, 0.15) is 5.75 Å². The lowest BCUT2D eigenvalue weighted by Crippen LogP contribution is -2.40. The smallest absolute Gasteiger partial charge is 0.319 e. The zero-order valence-corrected chi connectivity index (χ0v) is 17.9. The van der Waals surface area contributed by atoms with Crippen molar-refractivity contribution in [3.8, 4) is 5.75 Å². The number of ether oxygens (including phenoxy) is 1. The van der Waals surface area contributed by atoms with Crippen molar-refractivity contribution in [2.75, 3.05) is 12.4 Å². The van der Waals surface area contributed by atoms with E-state index in [-0.39, 0.29) is 17.9 Å². The highest BCUT2D eigenvalue weighted by Gasteiger charge is 2.35. The summed E-state index contributed by atoms with van der Waals surface area (Å²) in [7, 11) is 1.62. The van der Waals surface area contributed by atoms with Crippen LogP contribution in [0.5, 0.6) is 5.75 Å². The average Bonchev–Trinajstić information content (AvgIpc) is 2.70. The zero-order valence-electron chi connectivity index (χ0n) is 17.9. The molecule has 1 saturated carbocycles. The third kappa shape index (κ3) is 5.99. The van der Waals surface area contributed by atoms with Crippen LogP contribution in [0.3, 0.4) is 0 Å². The van der Waals surface area contributed by atoms with E-state index in [1.165, 1.54) is 0 Å². The summed E-state index contributed by atoms with van der Waals surface area (Å²) in [5, 5.41) is 8.66. The molecule has 0 atom stereocenters. The van der Waals surface area contributed by atoms with Crippen LogP contribution in [0, 0.1) is 17.8 Å². The number of hydrogen-bond acceptors (Lipinski definition) is 3. The highest BCUT2D eigenvalue weighted by molar-refractivity contribution is 5.89. The van der Waals surface area contributed by atoms with Gasteiger partial charge in [-0.25, -0.2) is 4.79 Å². The van der Waals surface area contributed by atoms with Crippen molar-refractivity contribution in [1.29, 1.82) is 0 Å². The van der Waals surface area contributed by atoms with Gasteiger partial charge in [-0.3, -0.25) is 4.79 Å². The second kappa shape index (κ2) is 10.1. The second-order valence-corrected chi connectivity index (χ2v) is 8.24. The molecule has 1 fully saturated rings. The van der Waals surface area contributed by atoms with E-state index in [0.29, 0.717) is 30.6 Å². The van der Waals surface area contributed by atoms with Gasteiger partial charge >= 0.3 is 6.03 Å². The van der Waals surface area contributed by atoms with Crippen LogP contribution in [0.2, 0.25) is 0 Å². The maximum Gasteiger partial charge on any atom is 0.319 e. The molecule has 3 amide bonds. The highest BCUT2D eigenvalue weighted by Crippen LogP contribution is 2.38. The molecule has 0 unspecified atom stereocenters. The largest absolute Gasteiger partial charge is 0.497 e. The maximum atomic E-state index is 12.2. The summed E-state index contributed by atoms with van der Waals surface area (Å²) in [5.74, 6) is 2.43. The van der Waals surface area contributed by atoms with Gasteiger partial charge in [-0.1, -0.05) is 38.1 Å². The fourth-order valence-electron chi connectivity index (χ4n) is 3.56. The van der Waals surface area contributed by atoms with E-state index in [4.69, 9.17) is 4.74 Å². The van der Waals surface area contributed by atoms with Gasteiger partial charge in [0.25, 0.3) is 0 Å². The number of nitrogens with one attached hydrogen (secondary N) is 3. The van der Waals surface area contributed by atoms with Crippen molar-refractivity contribution < 1.29 is 14.3 Å². The van der Waals surface area contributed by atoms with Crippen molar-refractivity contribution in [1.82, 2.24) is 10.6 Å². The van der Waals surface area contributed by atoms with Gasteiger partial charge in [0.2, 0.25) is 5.91 Å². The molecule has 2 aromatic rings. The molecule has 0 radical (unpaired) electrons. The lowest BCUT2D eigenvalue weighted by atomic mass is 9.69. The van der Waals surface area contributed by atoms with Crippen LogP contribution in [0.15, 0.2) is 48.5 Å². The Morgan fingerprint density at radius 1 is 0.933 bits per heavy atom. The molecule has 30 heavy (non-hydrogen) atoms. The standard InChI is InChI=1S/C24H31N3O3/c1-16(2)19-12-20(13-19)23(28)25-14-17-4-8-21(9-5-17)27-24(29)26-15-18-6-10-22(30-3)11-7-18/h4-11,16,19-20H,12-15H2,1-3H3,(H,25,28)(H2,26,27,29). The molecule has 3 N–H and O–H groups in total. The molecule has 0 aromatic heterocycles. The summed E-state index contributed by atoms with van der Waals surface area (Å²) >= 11 is 0. The minimum absolute atomic E-state index is 0.145. The summed E-state index contributed by atoms with van der Waals surface area (Å²) in [4.78, 5) is 24.3. The molecular formula is C24H31N3O3. The van der Waals surface area contributed by atoms with Gasteiger partial charge in [0.15, 0.2) is 0 Å². The van der Waals surface area contributed by atoms with E-state index in [0.717, 1.165) is 29.7 Å². The Morgan fingerprint density at radius 2 is 1.50 bits per heavy atom. The van der Waals surface area contributed by atoms with Gasteiger partial charge in [0, 0.05) is 24.7 Å². The fourth-order valence-corrected chi connectivity index (χ4v) is 3.56. The average molecular weight is 410 g/mol. The number of methoxy groups -OCH3 is 1. The Labute approximate surface area is 178 Å². The van der Waals surface area contributed by atoms with E-state index in [1.54, 1.807) is 7.11 Å². The number of urea groups is 1. The minimum atomic E-state index is -0.267. The molecule has 0 bridgehead atoms. The van der Waals surface area contributed by atoms with Crippen LogP contribution in [-0.4, -0.2) is 19.0 Å². The zero-order chi connectivity index (χ0) is 21.5. The molecule has 1 aliphatic rings. The summed E-state index contributed by atoms with van der Waals surface area (Å²) < 4.78 is 5.12.